The lowest BCUT2D eigenvalue weighted by molar-refractivity contribution is 0.254. The maximum atomic E-state index is 5.80. The van der Waals surface area contributed by atoms with E-state index in [0.717, 1.165) is 24.0 Å². The summed E-state index contributed by atoms with van der Waals surface area (Å²) in [6.07, 6.45) is 5.52. The van der Waals surface area contributed by atoms with Crippen molar-refractivity contribution in [1.29, 1.82) is 0 Å². The molecule has 1 fully saturated rings. The summed E-state index contributed by atoms with van der Waals surface area (Å²) in [6, 6.07) is 7.28. The molecule has 4 atom stereocenters. The smallest absolute Gasteiger partial charge is 0.123 e. The van der Waals surface area contributed by atoms with E-state index in [1.165, 1.54) is 30.4 Å². The minimum Gasteiger partial charge on any atom is -0.490 e. The van der Waals surface area contributed by atoms with Gasteiger partial charge in [-0.05, 0) is 49.4 Å². The number of hydrogen-bond donors (Lipinski definition) is 1. The summed E-state index contributed by atoms with van der Waals surface area (Å²) in [6.45, 7) is 4.55. The molecular weight excluding hydrogens is 234 g/mol. The van der Waals surface area contributed by atoms with Gasteiger partial charge < -0.3 is 10.1 Å². The molecule has 3 rings (SSSR count). The Labute approximate surface area is 116 Å². The summed E-state index contributed by atoms with van der Waals surface area (Å²) in [5.41, 5.74) is 2.83. The van der Waals surface area contributed by atoms with Gasteiger partial charge in [-0.15, -0.1) is 0 Å². The normalized spacial score (nSPS) is 31.0. The third-order valence-corrected chi connectivity index (χ3v) is 4.95. The van der Waals surface area contributed by atoms with Gasteiger partial charge in [0.15, 0.2) is 0 Å². The first-order chi connectivity index (χ1) is 9.19. The highest BCUT2D eigenvalue weighted by molar-refractivity contribution is 5.41. The van der Waals surface area contributed by atoms with E-state index in [-0.39, 0.29) is 0 Å². The van der Waals surface area contributed by atoms with E-state index >= 15 is 0 Å². The molecule has 0 spiro atoms. The van der Waals surface area contributed by atoms with Crippen molar-refractivity contribution in [3.63, 3.8) is 0 Å². The Morgan fingerprint density at radius 1 is 1.26 bits per heavy atom. The van der Waals surface area contributed by atoms with Crippen molar-refractivity contribution in [2.24, 2.45) is 11.8 Å². The van der Waals surface area contributed by atoms with Gasteiger partial charge in [0.05, 0.1) is 0 Å². The number of fused-ring (bicyclic) bond motifs is 1. The molecule has 19 heavy (non-hydrogen) atoms. The monoisotopic (exact) mass is 259 g/mol. The molecule has 0 aromatic heterocycles. The van der Waals surface area contributed by atoms with Gasteiger partial charge in [-0.2, -0.15) is 0 Å². The molecule has 1 N–H and O–H groups in total. The predicted molar refractivity (Wildman–Crippen MR) is 78.5 cm³/mol. The fourth-order valence-corrected chi connectivity index (χ4v) is 3.93. The topological polar surface area (TPSA) is 21.3 Å². The number of hydrogen-bond acceptors (Lipinski definition) is 2. The lowest BCUT2D eigenvalue weighted by Crippen LogP contribution is -2.26. The first-order valence-electron chi connectivity index (χ1n) is 7.65. The molecule has 1 aromatic rings. The largest absolute Gasteiger partial charge is 0.490 e. The lowest BCUT2D eigenvalue weighted by Gasteiger charge is -2.27. The van der Waals surface area contributed by atoms with Crippen LogP contribution in [0.1, 0.15) is 50.3 Å². The maximum absolute atomic E-state index is 5.80. The quantitative estimate of drug-likeness (QED) is 0.893. The molecule has 1 saturated carbocycles. The van der Waals surface area contributed by atoms with Crippen LogP contribution in [0.5, 0.6) is 5.75 Å². The first-order valence-corrected chi connectivity index (χ1v) is 7.65. The van der Waals surface area contributed by atoms with Crippen molar-refractivity contribution in [1.82, 2.24) is 5.32 Å². The molecule has 1 aromatic carbocycles. The minimum absolute atomic E-state index is 0.337. The molecule has 104 valence electrons. The average molecular weight is 259 g/mol. The van der Waals surface area contributed by atoms with Crippen LogP contribution in [0.2, 0.25) is 0 Å². The van der Waals surface area contributed by atoms with Crippen LogP contribution in [0.4, 0.5) is 0 Å². The molecule has 1 aliphatic carbocycles. The second-order valence-electron chi connectivity index (χ2n) is 6.34. The average Bonchev–Trinajstić information content (AvgIpc) is 2.95. The number of ether oxygens (including phenoxy) is 1. The highest BCUT2D eigenvalue weighted by Gasteiger charge is 2.31. The highest BCUT2D eigenvalue weighted by Crippen LogP contribution is 2.41. The number of benzene rings is 1. The predicted octanol–water partition coefficient (Wildman–Crippen LogP) is 3.71. The van der Waals surface area contributed by atoms with Crippen LogP contribution in [-0.4, -0.2) is 13.2 Å². The van der Waals surface area contributed by atoms with Crippen LogP contribution in [-0.2, 0) is 6.42 Å². The van der Waals surface area contributed by atoms with Crippen LogP contribution in [0, 0.1) is 11.8 Å². The van der Waals surface area contributed by atoms with E-state index in [1.54, 1.807) is 0 Å². The molecule has 0 radical (unpaired) electrons. The zero-order chi connectivity index (χ0) is 13.4. The molecule has 0 bridgehead atoms. The van der Waals surface area contributed by atoms with E-state index in [9.17, 15) is 0 Å². The van der Waals surface area contributed by atoms with E-state index in [0.29, 0.717) is 12.1 Å². The molecule has 1 aliphatic heterocycles. The summed E-state index contributed by atoms with van der Waals surface area (Å²) in [5.74, 6) is 2.70. The Kier molecular flexibility index (Phi) is 3.53. The maximum Gasteiger partial charge on any atom is 0.123 e. The Morgan fingerprint density at radius 3 is 2.79 bits per heavy atom. The zero-order valence-corrected chi connectivity index (χ0v) is 12.3. The molecule has 2 aliphatic rings. The van der Waals surface area contributed by atoms with Crippen molar-refractivity contribution >= 4 is 0 Å². The lowest BCUT2D eigenvalue weighted by atomic mass is 9.85. The van der Waals surface area contributed by atoms with Crippen molar-refractivity contribution < 1.29 is 4.74 Å². The second-order valence-corrected chi connectivity index (χ2v) is 6.34. The number of nitrogens with one attached hydrogen (secondary N) is 1. The Hall–Kier alpha value is -1.02. The van der Waals surface area contributed by atoms with E-state index in [1.807, 2.05) is 0 Å². The van der Waals surface area contributed by atoms with Crippen LogP contribution in [0.3, 0.4) is 0 Å². The van der Waals surface area contributed by atoms with E-state index in [2.05, 4.69) is 44.4 Å². The summed E-state index contributed by atoms with van der Waals surface area (Å²) < 4.78 is 5.80. The molecule has 2 nitrogen and oxygen atoms in total. The van der Waals surface area contributed by atoms with Gasteiger partial charge in [-0.25, -0.2) is 0 Å². The zero-order valence-electron chi connectivity index (χ0n) is 12.3. The van der Waals surface area contributed by atoms with Crippen molar-refractivity contribution in [2.75, 3.05) is 7.05 Å². The Morgan fingerprint density at radius 2 is 2.11 bits per heavy atom. The second kappa shape index (κ2) is 5.16. The SMILES string of the molecule is CNC(c1ccc2c(c1)CC(C)O2)C1CCCC1C. The standard InChI is InChI=1S/C17H25NO/c1-11-5-4-6-15(11)17(18-3)13-7-8-16-14(10-13)9-12(2)19-16/h7-8,10-12,15,17-18H,4-6,9H2,1-3H3. The van der Waals surface area contributed by atoms with Gasteiger partial charge in [-0.3, -0.25) is 0 Å². The van der Waals surface area contributed by atoms with Gasteiger partial charge in [-0.1, -0.05) is 31.9 Å². The Bertz CT molecular complexity index is 457. The first kappa shape index (κ1) is 13.0. The molecule has 0 amide bonds. The fraction of sp³-hybridized carbons (Fsp3) is 0.647. The van der Waals surface area contributed by atoms with Crippen LogP contribution in [0.15, 0.2) is 18.2 Å². The molecular formula is C17H25NO. The van der Waals surface area contributed by atoms with Gasteiger partial charge in [0, 0.05) is 12.5 Å². The third kappa shape index (κ3) is 2.38. The van der Waals surface area contributed by atoms with Crippen LogP contribution < -0.4 is 10.1 Å². The van der Waals surface area contributed by atoms with Crippen molar-refractivity contribution in [3.05, 3.63) is 29.3 Å². The fourth-order valence-electron chi connectivity index (χ4n) is 3.93. The van der Waals surface area contributed by atoms with Gasteiger partial charge >= 0.3 is 0 Å². The molecule has 2 heteroatoms. The van der Waals surface area contributed by atoms with E-state index < -0.39 is 0 Å². The highest BCUT2D eigenvalue weighted by atomic mass is 16.5. The van der Waals surface area contributed by atoms with Gasteiger partial charge in [0.2, 0.25) is 0 Å². The Balaban J connectivity index is 1.86. The summed E-state index contributed by atoms with van der Waals surface area (Å²) in [4.78, 5) is 0. The van der Waals surface area contributed by atoms with Crippen LogP contribution >= 0.6 is 0 Å². The van der Waals surface area contributed by atoms with Gasteiger partial charge in [0.1, 0.15) is 11.9 Å². The molecule has 1 heterocycles. The third-order valence-electron chi connectivity index (χ3n) is 4.95. The molecule has 4 unspecified atom stereocenters. The summed E-state index contributed by atoms with van der Waals surface area (Å²) in [5, 5.41) is 3.55. The van der Waals surface area contributed by atoms with Crippen molar-refractivity contribution in [3.8, 4) is 5.75 Å². The summed E-state index contributed by atoms with van der Waals surface area (Å²) >= 11 is 0. The molecule has 0 saturated heterocycles. The summed E-state index contributed by atoms with van der Waals surface area (Å²) in [7, 11) is 2.10. The van der Waals surface area contributed by atoms with Crippen molar-refractivity contribution in [2.45, 2.75) is 51.7 Å². The minimum atomic E-state index is 0.337. The van der Waals surface area contributed by atoms with E-state index in [4.69, 9.17) is 4.74 Å². The van der Waals surface area contributed by atoms with Gasteiger partial charge in [0.25, 0.3) is 0 Å². The number of rotatable bonds is 3. The van der Waals surface area contributed by atoms with Crippen LogP contribution in [0.25, 0.3) is 0 Å².